The highest BCUT2D eigenvalue weighted by Crippen LogP contribution is 2.30. The van der Waals surface area contributed by atoms with E-state index in [0.29, 0.717) is 13.2 Å². The van der Waals surface area contributed by atoms with Crippen LogP contribution >= 0.6 is 0 Å². The van der Waals surface area contributed by atoms with Crippen molar-refractivity contribution in [3.8, 4) is 0 Å². The molecule has 0 spiro atoms. The van der Waals surface area contributed by atoms with Gasteiger partial charge in [0.1, 0.15) is 18.3 Å². The normalized spacial score (nSPS) is 25.5. The van der Waals surface area contributed by atoms with Crippen LogP contribution in [0, 0.1) is 0 Å². The molecule has 0 saturated carbocycles. The maximum absolute atomic E-state index is 15.0. The largest absolute Gasteiger partial charge is 0.368 e. The van der Waals surface area contributed by atoms with Crippen LogP contribution in [0.2, 0.25) is 0 Å². The standard InChI is InChI=1S/C27H29FO4/c1-20-24(29-17-21-11-5-2-6-12-21)25(30-18-22-13-7-3-8-14-22)26(27(28)32-20)31-19-23-15-9-4-10-16-23/h2-16,20,24-27H,17-19H2,1H3/t20?,24-,25?,26?,27?/m0/s1. The predicted molar refractivity (Wildman–Crippen MR) is 121 cm³/mol. The van der Waals surface area contributed by atoms with Gasteiger partial charge < -0.3 is 18.9 Å². The van der Waals surface area contributed by atoms with Crippen LogP contribution < -0.4 is 0 Å². The number of alkyl halides is 1. The highest BCUT2D eigenvalue weighted by Gasteiger charge is 2.47. The minimum Gasteiger partial charge on any atom is -0.368 e. The summed E-state index contributed by atoms with van der Waals surface area (Å²) in [6, 6.07) is 29.4. The number of halogens is 1. The lowest BCUT2D eigenvalue weighted by Gasteiger charge is -2.42. The van der Waals surface area contributed by atoms with Gasteiger partial charge in [0.15, 0.2) is 0 Å². The molecule has 1 fully saturated rings. The number of benzene rings is 3. The van der Waals surface area contributed by atoms with Crippen LogP contribution in [0.3, 0.4) is 0 Å². The monoisotopic (exact) mass is 436 g/mol. The molecule has 1 heterocycles. The highest BCUT2D eigenvalue weighted by atomic mass is 19.1. The Balaban J connectivity index is 1.50. The van der Waals surface area contributed by atoms with Crippen LogP contribution in [-0.4, -0.2) is 30.8 Å². The van der Waals surface area contributed by atoms with Crippen LogP contribution in [-0.2, 0) is 38.8 Å². The van der Waals surface area contributed by atoms with Crippen LogP contribution in [0.1, 0.15) is 23.6 Å². The van der Waals surface area contributed by atoms with Crippen molar-refractivity contribution < 1.29 is 23.3 Å². The van der Waals surface area contributed by atoms with Gasteiger partial charge in [-0.05, 0) is 23.6 Å². The molecule has 0 bridgehead atoms. The third-order valence-electron chi connectivity index (χ3n) is 5.57. The lowest BCUT2D eigenvalue weighted by Crippen LogP contribution is -2.58. The molecule has 32 heavy (non-hydrogen) atoms. The Labute approximate surface area is 188 Å². The lowest BCUT2D eigenvalue weighted by atomic mass is 9.99. The van der Waals surface area contributed by atoms with Crippen LogP contribution in [0.25, 0.3) is 0 Å². The molecule has 0 radical (unpaired) electrons. The average molecular weight is 437 g/mol. The van der Waals surface area contributed by atoms with E-state index in [0.717, 1.165) is 16.7 Å². The summed E-state index contributed by atoms with van der Waals surface area (Å²) in [7, 11) is 0. The minimum atomic E-state index is -1.61. The van der Waals surface area contributed by atoms with E-state index >= 15 is 4.39 Å². The SMILES string of the molecule is CC1OC(F)C(OCc2ccccc2)C(OCc2ccccc2)[C@H]1OCc1ccccc1. The molecular weight excluding hydrogens is 407 g/mol. The first-order valence-electron chi connectivity index (χ1n) is 11.0. The van der Waals surface area contributed by atoms with Gasteiger partial charge in [0.2, 0.25) is 6.36 Å². The third kappa shape index (κ3) is 6.02. The van der Waals surface area contributed by atoms with E-state index in [1.54, 1.807) is 0 Å². The second-order valence-corrected chi connectivity index (χ2v) is 7.98. The molecule has 4 nitrogen and oxygen atoms in total. The molecule has 1 aliphatic rings. The van der Waals surface area contributed by atoms with Crippen LogP contribution in [0.5, 0.6) is 0 Å². The van der Waals surface area contributed by atoms with Gasteiger partial charge >= 0.3 is 0 Å². The maximum Gasteiger partial charge on any atom is 0.228 e. The minimum absolute atomic E-state index is 0.264. The van der Waals surface area contributed by atoms with Crippen molar-refractivity contribution in [1.29, 1.82) is 0 Å². The van der Waals surface area contributed by atoms with E-state index in [1.165, 1.54) is 0 Å². The van der Waals surface area contributed by atoms with Gasteiger partial charge in [0.05, 0.1) is 25.9 Å². The molecule has 1 aliphatic heterocycles. The first-order valence-corrected chi connectivity index (χ1v) is 11.0. The van der Waals surface area contributed by atoms with E-state index in [4.69, 9.17) is 18.9 Å². The Hall–Kier alpha value is -2.57. The molecule has 0 N–H and O–H groups in total. The Bertz CT molecular complexity index is 867. The first-order chi connectivity index (χ1) is 15.7. The lowest BCUT2D eigenvalue weighted by molar-refractivity contribution is -0.288. The van der Waals surface area contributed by atoms with Gasteiger partial charge in [-0.25, -0.2) is 4.39 Å². The van der Waals surface area contributed by atoms with Gasteiger partial charge in [0, 0.05) is 0 Å². The van der Waals surface area contributed by atoms with E-state index in [-0.39, 0.29) is 6.61 Å². The third-order valence-corrected chi connectivity index (χ3v) is 5.57. The Morgan fingerprint density at radius 2 is 0.969 bits per heavy atom. The van der Waals surface area contributed by atoms with E-state index in [9.17, 15) is 0 Å². The summed E-state index contributed by atoms with van der Waals surface area (Å²) in [5.74, 6) is 0. The number of ether oxygens (including phenoxy) is 4. The Morgan fingerprint density at radius 1 is 0.594 bits per heavy atom. The summed E-state index contributed by atoms with van der Waals surface area (Å²) in [5.41, 5.74) is 3.00. The van der Waals surface area contributed by atoms with Crippen molar-refractivity contribution in [2.24, 2.45) is 0 Å². The van der Waals surface area contributed by atoms with Gasteiger partial charge in [-0.1, -0.05) is 91.0 Å². The fourth-order valence-electron chi connectivity index (χ4n) is 3.85. The molecule has 168 valence electrons. The van der Waals surface area contributed by atoms with Crippen molar-refractivity contribution in [3.63, 3.8) is 0 Å². The molecule has 0 amide bonds. The van der Waals surface area contributed by atoms with E-state index < -0.39 is 30.8 Å². The molecular formula is C27H29FO4. The molecule has 1 saturated heterocycles. The number of hydrogen-bond acceptors (Lipinski definition) is 4. The van der Waals surface area contributed by atoms with Gasteiger partial charge in [-0.15, -0.1) is 0 Å². The fourth-order valence-corrected chi connectivity index (χ4v) is 3.85. The summed E-state index contributed by atoms with van der Waals surface area (Å²) < 4.78 is 39.1. The van der Waals surface area contributed by atoms with E-state index in [1.807, 2.05) is 97.9 Å². The van der Waals surface area contributed by atoms with E-state index in [2.05, 4.69) is 0 Å². The second-order valence-electron chi connectivity index (χ2n) is 7.98. The van der Waals surface area contributed by atoms with Crippen LogP contribution in [0.15, 0.2) is 91.0 Å². The van der Waals surface area contributed by atoms with Crippen molar-refractivity contribution in [3.05, 3.63) is 108 Å². The quantitative estimate of drug-likeness (QED) is 0.447. The number of hydrogen-bond donors (Lipinski definition) is 0. The smallest absolute Gasteiger partial charge is 0.228 e. The Morgan fingerprint density at radius 3 is 1.41 bits per heavy atom. The van der Waals surface area contributed by atoms with Crippen molar-refractivity contribution >= 4 is 0 Å². The van der Waals surface area contributed by atoms with Crippen molar-refractivity contribution in [1.82, 2.24) is 0 Å². The molecule has 0 aromatic heterocycles. The average Bonchev–Trinajstić information content (AvgIpc) is 2.83. The first kappa shape index (κ1) is 22.6. The molecule has 5 atom stereocenters. The summed E-state index contributed by atoms with van der Waals surface area (Å²) in [4.78, 5) is 0. The zero-order valence-corrected chi connectivity index (χ0v) is 18.2. The molecule has 4 unspecified atom stereocenters. The molecule has 0 aliphatic carbocycles. The zero-order valence-electron chi connectivity index (χ0n) is 18.2. The highest BCUT2D eigenvalue weighted by molar-refractivity contribution is 5.15. The second kappa shape index (κ2) is 11.3. The summed E-state index contributed by atoms with van der Waals surface area (Å²) in [5, 5.41) is 0. The molecule has 5 heteroatoms. The summed E-state index contributed by atoms with van der Waals surface area (Å²) >= 11 is 0. The molecule has 3 aromatic rings. The molecule has 3 aromatic carbocycles. The number of rotatable bonds is 9. The Kier molecular flexibility index (Phi) is 8.02. The topological polar surface area (TPSA) is 36.9 Å². The zero-order chi connectivity index (χ0) is 22.2. The maximum atomic E-state index is 15.0. The van der Waals surface area contributed by atoms with Crippen LogP contribution in [0.4, 0.5) is 4.39 Å². The van der Waals surface area contributed by atoms with Gasteiger partial charge in [-0.3, -0.25) is 0 Å². The summed E-state index contributed by atoms with van der Waals surface area (Å²) in [6.07, 6.45) is -4.10. The van der Waals surface area contributed by atoms with Gasteiger partial charge in [0.25, 0.3) is 0 Å². The fraction of sp³-hybridized carbons (Fsp3) is 0.333. The van der Waals surface area contributed by atoms with Crippen molar-refractivity contribution in [2.45, 2.75) is 57.5 Å². The van der Waals surface area contributed by atoms with Crippen molar-refractivity contribution in [2.75, 3.05) is 0 Å². The predicted octanol–water partition coefficient (Wildman–Crippen LogP) is 5.46. The molecule has 4 rings (SSSR count). The summed E-state index contributed by atoms with van der Waals surface area (Å²) in [6.45, 7) is 2.79. The van der Waals surface area contributed by atoms with Gasteiger partial charge in [-0.2, -0.15) is 0 Å².